The number of nitriles is 1. The van der Waals surface area contributed by atoms with Crippen LogP contribution in [0.3, 0.4) is 0 Å². The van der Waals surface area contributed by atoms with Gasteiger partial charge in [-0.05, 0) is 49.3 Å². The second-order valence-corrected chi connectivity index (χ2v) is 6.93. The van der Waals surface area contributed by atoms with Gasteiger partial charge in [0.25, 0.3) is 5.89 Å². The van der Waals surface area contributed by atoms with Crippen molar-refractivity contribution < 1.29 is 4.52 Å². The Hall–Kier alpha value is -2.40. The minimum atomic E-state index is 0.238. The maximum Gasteiger partial charge on any atom is 0.257 e. The van der Waals surface area contributed by atoms with Gasteiger partial charge in [0.2, 0.25) is 5.82 Å². The topological polar surface area (TPSA) is 101 Å². The van der Waals surface area contributed by atoms with Crippen LogP contribution in [0.5, 0.6) is 0 Å². The van der Waals surface area contributed by atoms with Crippen molar-refractivity contribution in [2.75, 3.05) is 0 Å². The average Bonchev–Trinajstić information content (AvgIpc) is 3.18. The SMILES string of the molecule is N#CC1=CC(c2nc(-c3cccc4c3CCCC4NSN)no2)=CCC1. The van der Waals surface area contributed by atoms with Crippen molar-refractivity contribution in [1.29, 1.82) is 5.26 Å². The minimum absolute atomic E-state index is 0.238. The first-order valence-electron chi connectivity index (χ1n) is 8.68. The highest BCUT2D eigenvalue weighted by Gasteiger charge is 2.24. The minimum Gasteiger partial charge on any atom is -0.334 e. The van der Waals surface area contributed by atoms with Gasteiger partial charge in [0.15, 0.2) is 0 Å². The highest BCUT2D eigenvalue weighted by molar-refractivity contribution is 7.95. The number of nitrogens with one attached hydrogen (secondary N) is 1. The second-order valence-electron chi connectivity index (χ2n) is 6.46. The van der Waals surface area contributed by atoms with Crippen LogP contribution in [0.15, 0.2) is 40.4 Å². The Balaban J connectivity index is 1.69. The van der Waals surface area contributed by atoms with Crippen LogP contribution in [-0.2, 0) is 6.42 Å². The summed E-state index contributed by atoms with van der Waals surface area (Å²) < 4.78 is 8.76. The number of fused-ring (bicyclic) bond motifs is 1. The number of hydrogen-bond acceptors (Lipinski definition) is 7. The third-order valence-electron chi connectivity index (χ3n) is 4.88. The molecule has 7 heteroatoms. The quantitative estimate of drug-likeness (QED) is 0.794. The van der Waals surface area contributed by atoms with E-state index in [-0.39, 0.29) is 6.04 Å². The van der Waals surface area contributed by atoms with Gasteiger partial charge in [-0.25, -0.2) is 4.72 Å². The summed E-state index contributed by atoms with van der Waals surface area (Å²) in [6.45, 7) is 0. The van der Waals surface area contributed by atoms with Gasteiger partial charge >= 0.3 is 0 Å². The van der Waals surface area contributed by atoms with Crippen LogP contribution >= 0.6 is 12.1 Å². The number of rotatable bonds is 4. The molecule has 0 bridgehead atoms. The zero-order valence-electron chi connectivity index (χ0n) is 14.2. The normalized spacial score (nSPS) is 19.3. The van der Waals surface area contributed by atoms with E-state index in [0.717, 1.165) is 60.9 Å². The van der Waals surface area contributed by atoms with Crippen LogP contribution in [0.25, 0.3) is 17.0 Å². The third kappa shape index (κ3) is 3.19. The molecular formula is C19H19N5OS. The van der Waals surface area contributed by atoms with Gasteiger partial charge in [0, 0.05) is 34.9 Å². The number of nitrogens with two attached hydrogens (primary N) is 1. The van der Waals surface area contributed by atoms with Gasteiger partial charge in [0.1, 0.15) is 0 Å². The van der Waals surface area contributed by atoms with Gasteiger partial charge < -0.3 is 4.52 Å². The fourth-order valence-electron chi connectivity index (χ4n) is 3.65. The summed E-state index contributed by atoms with van der Waals surface area (Å²) in [5.74, 6) is 1.06. The number of benzene rings is 1. The molecular weight excluding hydrogens is 346 g/mol. The van der Waals surface area contributed by atoms with E-state index in [9.17, 15) is 0 Å². The van der Waals surface area contributed by atoms with E-state index in [2.05, 4.69) is 27.0 Å². The van der Waals surface area contributed by atoms with E-state index in [1.807, 2.05) is 24.3 Å². The Kier molecular flexibility index (Phi) is 4.89. The van der Waals surface area contributed by atoms with Crippen molar-refractivity contribution >= 4 is 17.7 Å². The summed E-state index contributed by atoms with van der Waals surface area (Å²) in [5.41, 5.74) is 5.08. The molecule has 0 radical (unpaired) electrons. The van der Waals surface area contributed by atoms with Crippen LogP contribution in [0.1, 0.15) is 48.7 Å². The molecule has 0 spiro atoms. The number of nitrogens with zero attached hydrogens (tertiary/aromatic N) is 3. The van der Waals surface area contributed by atoms with Crippen molar-refractivity contribution in [2.24, 2.45) is 5.14 Å². The summed E-state index contributed by atoms with van der Waals surface area (Å²) in [7, 11) is 0. The highest BCUT2D eigenvalue weighted by atomic mass is 32.2. The molecule has 1 heterocycles. The van der Waals surface area contributed by atoms with Gasteiger partial charge in [-0.1, -0.05) is 29.4 Å². The van der Waals surface area contributed by atoms with Crippen molar-refractivity contribution in [3.8, 4) is 17.5 Å². The Bertz CT molecular complexity index is 924. The number of hydrogen-bond donors (Lipinski definition) is 2. The molecule has 2 aromatic rings. The summed E-state index contributed by atoms with van der Waals surface area (Å²) in [6, 6.07) is 8.65. The molecule has 1 unspecified atom stereocenters. The van der Waals surface area contributed by atoms with Crippen LogP contribution in [0.4, 0.5) is 0 Å². The van der Waals surface area contributed by atoms with E-state index in [4.69, 9.17) is 14.9 Å². The Morgan fingerprint density at radius 1 is 1.35 bits per heavy atom. The zero-order chi connectivity index (χ0) is 17.9. The van der Waals surface area contributed by atoms with Gasteiger partial charge in [0.05, 0.1) is 6.07 Å². The zero-order valence-corrected chi connectivity index (χ0v) is 15.1. The number of aromatic nitrogens is 2. The summed E-state index contributed by atoms with van der Waals surface area (Å²) >= 11 is 1.16. The summed E-state index contributed by atoms with van der Waals surface area (Å²) in [4.78, 5) is 4.60. The Morgan fingerprint density at radius 2 is 2.27 bits per heavy atom. The second kappa shape index (κ2) is 7.46. The predicted octanol–water partition coefficient (Wildman–Crippen LogP) is 3.85. The maximum absolute atomic E-state index is 9.11. The highest BCUT2D eigenvalue weighted by Crippen LogP contribution is 2.36. The van der Waals surface area contributed by atoms with Crippen molar-refractivity contribution in [1.82, 2.24) is 14.9 Å². The fourth-order valence-corrected chi connectivity index (χ4v) is 4.06. The molecule has 2 aliphatic carbocycles. The summed E-state index contributed by atoms with van der Waals surface area (Å²) in [5, 5.41) is 18.9. The largest absolute Gasteiger partial charge is 0.334 e. The molecule has 0 amide bonds. The van der Waals surface area contributed by atoms with Crippen molar-refractivity contribution in [3.63, 3.8) is 0 Å². The van der Waals surface area contributed by atoms with E-state index in [1.54, 1.807) is 0 Å². The lowest BCUT2D eigenvalue weighted by molar-refractivity contribution is 0.408. The van der Waals surface area contributed by atoms with E-state index < -0.39 is 0 Å². The lowest BCUT2D eigenvalue weighted by Gasteiger charge is -2.26. The lowest BCUT2D eigenvalue weighted by atomic mass is 9.85. The monoisotopic (exact) mass is 365 g/mol. The molecule has 6 nitrogen and oxygen atoms in total. The first-order chi connectivity index (χ1) is 12.8. The molecule has 1 aromatic heterocycles. The van der Waals surface area contributed by atoms with Crippen molar-refractivity contribution in [2.45, 2.75) is 38.1 Å². The first kappa shape index (κ1) is 17.0. The Labute approximate surface area is 156 Å². The third-order valence-corrected chi connectivity index (χ3v) is 5.30. The first-order valence-corrected chi connectivity index (χ1v) is 9.56. The van der Waals surface area contributed by atoms with Crippen LogP contribution in [0, 0.1) is 11.3 Å². The molecule has 4 rings (SSSR count). The molecule has 0 fully saturated rings. The van der Waals surface area contributed by atoms with E-state index in [0.29, 0.717) is 11.7 Å². The van der Waals surface area contributed by atoms with E-state index in [1.165, 1.54) is 11.1 Å². The molecule has 0 saturated heterocycles. The van der Waals surface area contributed by atoms with Gasteiger partial charge in [-0.15, -0.1) is 0 Å². The lowest BCUT2D eigenvalue weighted by Crippen LogP contribution is -2.21. The molecule has 0 saturated carbocycles. The molecule has 132 valence electrons. The average molecular weight is 365 g/mol. The Morgan fingerprint density at radius 3 is 3.12 bits per heavy atom. The number of allylic oxidation sites excluding steroid dienone is 4. The molecule has 3 N–H and O–H groups in total. The van der Waals surface area contributed by atoms with Crippen LogP contribution in [0.2, 0.25) is 0 Å². The molecule has 1 aromatic carbocycles. The smallest absolute Gasteiger partial charge is 0.257 e. The summed E-state index contributed by atoms with van der Waals surface area (Å²) in [6.07, 6.45) is 8.60. The van der Waals surface area contributed by atoms with Crippen molar-refractivity contribution in [3.05, 3.63) is 52.9 Å². The van der Waals surface area contributed by atoms with Gasteiger partial charge in [-0.3, -0.25) is 5.14 Å². The molecule has 26 heavy (non-hydrogen) atoms. The van der Waals surface area contributed by atoms with E-state index >= 15 is 0 Å². The predicted molar refractivity (Wildman–Crippen MR) is 101 cm³/mol. The van der Waals surface area contributed by atoms with Crippen LogP contribution < -0.4 is 9.86 Å². The maximum atomic E-state index is 9.11. The standard InChI is InChI=1S/C19H19N5OS/c20-11-12-4-1-5-13(10-12)19-22-18(23-25-19)16-8-2-7-15-14(16)6-3-9-17(15)24-26-21/h2,5,7-8,10,17,24H,1,3-4,6,9,21H2. The van der Waals surface area contributed by atoms with Crippen LogP contribution in [-0.4, -0.2) is 10.1 Å². The molecule has 2 aliphatic rings. The molecule has 0 aliphatic heterocycles. The fraction of sp³-hybridized carbons (Fsp3) is 0.316. The molecule has 1 atom stereocenters. The van der Waals surface area contributed by atoms with Gasteiger partial charge in [-0.2, -0.15) is 10.2 Å².